The molecular weight excluding hydrogens is 862 g/mol. The van der Waals surface area contributed by atoms with Crippen molar-refractivity contribution in [2.45, 2.75) is 20.3 Å². The Hall–Kier alpha value is -5.58. The predicted molar refractivity (Wildman–Crippen MR) is 203 cm³/mol. The van der Waals surface area contributed by atoms with Gasteiger partial charge in [0.2, 0.25) is 0 Å². The zero-order chi connectivity index (χ0) is 41.4. The van der Waals surface area contributed by atoms with Crippen LogP contribution >= 0.6 is 0 Å². The summed E-state index contributed by atoms with van der Waals surface area (Å²) in [5, 5.41) is 13.6. The number of nitrogens with zero attached hydrogens (tertiary/aromatic N) is 2. The number of aryl methyl sites for hydroxylation is 2. The number of nitriles is 1. The van der Waals surface area contributed by atoms with E-state index in [0.717, 1.165) is 17.3 Å². The molecule has 0 aliphatic rings. The SMILES string of the molecule is Fc1c[c-]c(-c2ccccn2)cc1.[2H]C([2H])([2H])c1c[c-]c(-c2[c-]ccc3c2oc2c(C#N)c([Si](C)(c4cccc(F)c4)c4cccc(F)c4)ccc23)cc1C([2H])([2H])[2H].[Ir+3]. The number of hydrogen-bond donors (Lipinski definition) is 0. The molecule has 8 heteroatoms. The third-order valence-electron chi connectivity index (χ3n) is 8.99. The van der Waals surface area contributed by atoms with Gasteiger partial charge in [0.15, 0.2) is 0 Å². The Bertz CT molecular complexity index is 2800. The molecule has 0 radical (unpaired) electrons. The molecule has 0 fully saturated rings. The number of benzene rings is 6. The van der Waals surface area contributed by atoms with Gasteiger partial charge in [0, 0.05) is 31.2 Å². The second-order valence-electron chi connectivity index (χ2n) is 12.1. The van der Waals surface area contributed by atoms with Gasteiger partial charge in [-0.25, -0.2) is 14.3 Å². The Labute approximate surface area is 329 Å². The van der Waals surface area contributed by atoms with Crippen LogP contribution in [0.2, 0.25) is 6.55 Å². The van der Waals surface area contributed by atoms with Gasteiger partial charge in [-0.15, -0.1) is 47.0 Å². The molecule has 6 aromatic carbocycles. The van der Waals surface area contributed by atoms with Crippen LogP contribution < -0.4 is 15.6 Å². The fourth-order valence-corrected chi connectivity index (χ4v) is 10.1. The van der Waals surface area contributed by atoms with Crippen molar-refractivity contribution in [1.29, 1.82) is 5.26 Å². The molecular formula is C45H30F3IrN2OSi. The van der Waals surface area contributed by atoms with Crippen molar-refractivity contribution in [1.82, 2.24) is 4.98 Å². The Balaban J connectivity index is 0.000000354. The molecule has 3 nitrogen and oxygen atoms in total. The van der Waals surface area contributed by atoms with E-state index in [1.165, 1.54) is 42.5 Å². The van der Waals surface area contributed by atoms with E-state index in [4.69, 9.17) is 12.6 Å². The van der Waals surface area contributed by atoms with E-state index in [2.05, 4.69) is 29.3 Å². The summed E-state index contributed by atoms with van der Waals surface area (Å²) in [6.45, 7) is -3.44. The number of hydrogen-bond acceptors (Lipinski definition) is 3. The summed E-state index contributed by atoms with van der Waals surface area (Å²) in [4.78, 5) is 4.12. The maximum Gasteiger partial charge on any atom is 3.00 e. The van der Waals surface area contributed by atoms with Gasteiger partial charge in [-0.05, 0) is 51.6 Å². The monoisotopic (exact) mass is 898 g/mol. The van der Waals surface area contributed by atoms with Gasteiger partial charge in [-0.3, -0.25) is 4.39 Å². The number of pyridine rings is 1. The number of aromatic nitrogens is 1. The first-order valence-electron chi connectivity index (χ1n) is 19.1. The first-order valence-corrected chi connectivity index (χ1v) is 18.6. The van der Waals surface area contributed by atoms with Crippen LogP contribution in [0.15, 0.2) is 132 Å². The summed E-state index contributed by atoms with van der Waals surface area (Å²) < 4.78 is 95.4. The molecule has 0 atom stereocenters. The summed E-state index contributed by atoms with van der Waals surface area (Å²) in [6, 6.07) is 42.7. The second kappa shape index (κ2) is 15.6. The average molecular weight is 898 g/mol. The normalized spacial score (nSPS) is 13.2. The van der Waals surface area contributed by atoms with E-state index < -0.39 is 33.4 Å². The fourth-order valence-electron chi connectivity index (χ4n) is 6.33. The van der Waals surface area contributed by atoms with Crippen LogP contribution in [0.3, 0.4) is 0 Å². The molecule has 8 aromatic rings. The standard InChI is InChI=1S/C34H23F2NOSi.C11H7FN.Ir/c1-21-13-14-23(17-22(21)2)28-11-6-12-29-30-15-16-32(31(20-37)34(30)38-33(28)29)39(3,26-9-4-7-24(35)18-26)27-10-5-8-25(36)19-27;12-10-6-4-9(5-7-10)11-3-1-2-8-13-11;/h4-10,12-13,15-19H,1-3H3;1-4,6-8H;/q-2;-1;+3/i1D3,2D3;;. The van der Waals surface area contributed by atoms with Crippen molar-refractivity contribution >= 4 is 45.6 Å². The van der Waals surface area contributed by atoms with Crippen LogP contribution in [0.4, 0.5) is 13.2 Å². The molecule has 53 heavy (non-hydrogen) atoms. The smallest absolute Gasteiger partial charge is 0.509 e. The maximum atomic E-state index is 14.6. The van der Waals surface area contributed by atoms with Crippen molar-refractivity contribution in [3.05, 3.63) is 180 Å². The molecule has 0 spiro atoms. The summed E-state index contributed by atoms with van der Waals surface area (Å²) >= 11 is 0. The van der Waals surface area contributed by atoms with E-state index in [9.17, 15) is 18.4 Å². The molecule has 260 valence electrons. The van der Waals surface area contributed by atoms with E-state index in [1.807, 2.05) is 24.7 Å². The third kappa shape index (κ3) is 7.25. The zero-order valence-electron chi connectivity index (χ0n) is 33.9. The molecule has 2 heterocycles. The average Bonchev–Trinajstić information content (AvgIpc) is 3.59. The maximum absolute atomic E-state index is 14.6. The Morgan fingerprint density at radius 3 is 2.06 bits per heavy atom. The third-order valence-corrected chi connectivity index (χ3v) is 13.4. The molecule has 0 unspecified atom stereocenters. The Morgan fingerprint density at radius 2 is 1.43 bits per heavy atom. The van der Waals surface area contributed by atoms with Crippen LogP contribution in [0, 0.1) is 60.7 Å². The topological polar surface area (TPSA) is 49.8 Å². The van der Waals surface area contributed by atoms with Gasteiger partial charge in [-0.1, -0.05) is 74.2 Å². The molecule has 0 amide bonds. The number of halogens is 3. The van der Waals surface area contributed by atoms with Gasteiger partial charge in [0.25, 0.3) is 0 Å². The Morgan fingerprint density at radius 1 is 0.717 bits per heavy atom. The minimum atomic E-state index is -3.19. The molecule has 2 aromatic heterocycles. The Kier molecular flexibility index (Phi) is 8.79. The minimum absolute atomic E-state index is 0. The van der Waals surface area contributed by atoms with Crippen molar-refractivity contribution in [3.8, 4) is 28.5 Å². The van der Waals surface area contributed by atoms with E-state index >= 15 is 0 Å². The van der Waals surface area contributed by atoms with Crippen molar-refractivity contribution in [2.24, 2.45) is 0 Å². The molecule has 0 aliphatic carbocycles. The quantitative estimate of drug-likeness (QED) is 0.0984. The first kappa shape index (κ1) is 29.9. The summed E-state index contributed by atoms with van der Waals surface area (Å²) in [6.07, 6.45) is 1.70. The molecule has 0 N–H and O–H groups in total. The largest absolute Gasteiger partial charge is 3.00 e. The molecule has 8 rings (SSSR count). The van der Waals surface area contributed by atoms with Gasteiger partial charge >= 0.3 is 20.1 Å². The number of rotatable bonds is 5. The van der Waals surface area contributed by atoms with Crippen LogP contribution in [0.5, 0.6) is 0 Å². The summed E-state index contributed by atoms with van der Waals surface area (Å²) in [5.41, 5.74) is 2.33. The van der Waals surface area contributed by atoms with Gasteiger partial charge < -0.3 is 9.40 Å². The zero-order valence-corrected chi connectivity index (χ0v) is 31.3. The molecule has 0 saturated carbocycles. The van der Waals surface area contributed by atoms with Crippen molar-refractivity contribution in [3.63, 3.8) is 0 Å². The molecule has 0 aliphatic heterocycles. The number of fused-ring (bicyclic) bond motifs is 3. The van der Waals surface area contributed by atoms with Crippen LogP contribution in [-0.2, 0) is 20.1 Å². The minimum Gasteiger partial charge on any atom is -0.509 e. The molecule has 0 bridgehead atoms. The number of furan rings is 1. The van der Waals surface area contributed by atoms with E-state index in [-0.39, 0.29) is 53.8 Å². The predicted octanol–water partition coefficient (Wildman–Crippen LogP) is 9.41. The first-order chi connectivity index (χ1) is 27.6. The second-order valence-corrected chi connectivity index (χ2v) is 16.1. The summed E-state index contributed by atoms with van der Waals surface area (Å²) in [5.74, 6) is -1.19. The van der Waals surface area contributed by atoms with Crippen LogP contribution in [-0.4, -0.2) is 13.1 Å². The molecule has 0 saturated heterocycles. The van der Waals surface area contributed by atoms with E-state index in [0.29, 0.717) is 37.5 Å². The van der Waals surface area contributed by atoms with Crippen molar-refractivity contribution in [2.75, 3.05) is 0 Å². The van der Waals surface area contributed by atoms with Gasteiger partial charge in [-0.2, -0.15) is 41.2 Å². The van der Waals surface area contributed by atoms with E-state index in [1.54, 1.807) is 60.8 Å². The van der Waals surface area contributed by atoms with Gasteiger partial charge in [0.1, 0.15) is 31.4 Å². The van der Waals surface area contributed by atoms with Gasteiger partial charge in [0.05, 0.1) is 5.56 Å². The van der Waals surface area contributed by atoms with Crippen molar-refractivity contribution < 1.29 is 45.9 Å². The fraction of sp³-hybridized carbons (Fsp3) is 0.0667. The van der Waals surface area contributed by atoms with Crippen LogP contribution in [0.1, 0.15) is 24.9 Å². The summed E-state index contributed by atoms with van der Waals surface area (Å²) in [7, 11) is -3.19. The van der Waals surface area contributed by atoms with Crippen LogP contribution in [0.25, 0.3) is 44.3 Å².